The molecule has 0 bridgehead atoms. The molecule has 1 saturated heterocycles. The maximum atomic E-state index is 5.19. The third-order valence-electron chi connectivity index (χ3n) is 4.45. The summed E-state index contributed by atoms with van der Waals surface area (Å²) in [6.07, 6.45) is 5.31. The fourth-order valence-corrected chi connectivity index (χ4v) is 2.71. The van der Waals surface area contributed by atoms with Crippen LogP contribution in [0.2, 0.25) is 0 Å². The highest BCUT2D eigenvalue weighted by Crippen LogP contribution is 2.48. The van der Waals surface area contributed by atoms with Crippen LogP contribution in [0.1, 0.15) is 32.6 Å². The van der Waals surface area contributed by atoms with E-state index in [4.69, 9.17) is 4.74 Å². The summed E-state index contributed by atoms with van der Waals surface area (Å²) in [5.41, 5.74) is 0.584. The number of methoxy groups -OCH3 is 1. The molecule has 2 fully saturated rings. The Morgan fingerprint density at radius 1 is 1.44 bits per heavy atom. The second kappa shape index (κ2) is 5.03. The van der Waals surface area contributed by atoms with Gasteiger partial charge in [0.15, 0.2) is 0 Å². The van der Waals surface area contributed by atoms with Gasteiger partial charge in [-0.25, -0.2) is 0 Å². The van der Waals surface area contributed by atoms with Crippen molar-refractivity contribution in [1.29, 1.82) is 0 Å². The quantitative estimate of drug-likeness (QED) is 0.742. The predicted octanol–water partition coefficient (Wildman–Crippen LogP) is 1.49. The lowest BCUT2D eigenvalue weighted by Gasteiger charge is -2.19. The third kappa shape index (κ3) is 2.96. The SMILES string of the molecule is COCCC1(CNC2CC(C)N(C)C2)CC1. The van der Waals surface area contributed by atoms with E-state index in [0.29, 0.717) is 11.5 Å². The van der Waals surface area contributed by atoms with Gasteiger partial charge in [0.05, 0.1) is 0 Å². The van der Waals surface area contributed by atoms with Crippen molar-refractivity contribution in [2.24, 2.45) is 5.41 Å². The lowest BCUT2D eigenvalue weighted by Crippen LogP contribution is -2.36. The number of likely N-dealkylation sites (tertiary alicyclic amines) is 1. The zero-order chi connectivity index (χ0) is 11.6. The van der Waals surface area contributed by atoms with Crippen molar-refractivity contribution >= 4 is 0 Å². The van der Waals surface area contributed by atoms with Crippen LogP contribution in [0.3, 0.4) is 0 Å². The van der Waals surface area contributed by atoms with Crippen molar-refractivity contribution in [1.82, 2.24) is 10.2 Å². The van der Waals surface area contributed by atoms with Gasteiger partial charge in [-0.1, -0.05) is 0 Å². The summed E-state index contributed by atoms with van der Waals surface area (Å²) < 4.78 is 5.19. The van der Waals surface area contributed by atoms with Crippen LogP contribution in [0, 0.1) is 5.41 Å². The molecule has 0 amide bonds. The van der Waals surface area contributed by atoms with Crippen LogP contribution in [0.4, 0.5) is 0 Å². The molecule has 1 heterocycles. The van der Waals surface area contributed by atoms with Gasteiger partial charge in [0, 0.05) is 38.9 Å². The molecule has 2 atom stereocenters. The normalized spacial score (nSPS) is 33.2. The summed E-state index contributed by atoms with van der Waals surface area (Å²) in [6, 6.07) is 1.45. The lowest BCUT2D eigenvalue weighted by atomic mass is 10.0. The minimum absolute atomic E-state index is 0.584. The van der Waals surface area contributed by atoms with Gasteiger partial charge in [0.2, 0.25) is 0 Å². The summed E-state index contributed by atoms with van der Waals surface area (Å²) in [5, 5.41) is 3.76. The first-order valence-electron chi connectivity index (χ1n) is 6.58. The molecule has 3 nitrogen and oxygen atoms in total. The topological polar surface area (TPSA) is 24.5 Å². The summed E-state index contributed by atoms with van der Waals surface area (Å²) in [7, 11) is 4.03. The van der Waals surface area contributed by atoms with Gasteiger partial charge >= 0.3 is 0 Å². The van der Waals surface area contributed by atoms with Crippen LogP contribution in [0.15, 0.2) is 0 Å². The van der Waals surface area contributed by atoms with E-state index in [1.165, 1.54) is 38.8 Å². The van der Waals surface area contributed by atoms with Crippen LogP contribution >= 0.6 is 0 Å². The zero-order valence-electron chi connectivity index (χ0n) is 11.0. The van der Waals surface area contributed by atoms with Crippen molar-refractivity contribution < 1.29 is 4.74 Å². The molecule has 1 aliphatic heterocycles. The molecule has 1 saturated carbocycles. The largest absolute Gasteiger partial charge is 0.385 e. The van der Waals surface area contributed by atoms with Crippen LogP contribution in [0.25, 0.3) is 0 Å². The average Bonchev–Trinajstić information content (AvgIpc) is 2.97. The van der Waals surface area contributed by atoms with E-state index in [0.717, 1.165) is 12.6 Å². The Labute approximate surface area is 99.5 Å². The molecule has 0 aromatic rings. The number of ether oxygens (including phenoxy) is 1. The van der Waals surface area contributed by atoms with Crippen molar-refractivity contribution in [2.45, 2.75) is 44.7 Å². The Morgan fingerprint density at radius 3 is 2.69 bits per heavy atom. The number of nitrogens with zero attached hydrogens (tertiary/aromatic N) is 1. The maximum Gasteiger partial charge on any atom is 0.0468 e. The molecule has 0 radical (unpaired) electrons. The zero-order valence-corrected chi connectivity index (χ0v) is 11.0. The van der Waals surface area contributed by atoms with Crippen molar-refractivity contribution in [3.8, 4) is 0 Å². The van der Waals surface area contributed by atoms with Gasteiger partial charge in [-0.3, -0.25) is 0 Å². The van der Waals surface area contributed by atoms with Gasteiger partial charge in [-0.15, -0.1) is 0 Å². The first-order valence-corrected chi connectivity index (χ1v) is 6.58. The molecule has 16 heavy (non-hydrogen) atoms. The van der Waals surface area contributed by atoms with Crippen LogP contribution < -0.4 is 5.32 Å². The molecule has 1 N–H and O–H groups in total. The molecule has 2 unspecified atom stereocenters. The van der Waals surface area contributed by atoms with Gasteiger partial charge in [0.25, 0.3) is 0 Å². The maximum absolute atomic E-state index is 5.19. The molecule has 2 rings (SSSR count). The Bertz CT molecular complexity index is 218. The minimum atomic E-state index is 0.584. The first-order chi connectivity index (χ1) is 7.65. The van der Waals surface area contributed by atoms with Crippen LogP contribution in [0.5, 0.6) is 0 Å². The smallest absolute Gasteiger partial charge is 0.0468 e. The second-order valence-electron chi connectivity index (χ2n) is 5.84. The highest BCUT2D eigenvalue weighted by Gasteiger charge is 2.42. The lowest BCUT2D eigenvalue weighted by molar-refractivity contribution is 0.170. The molecule has 1 aliphatic carbocycles. The molecule has 2 aliphatic rings. The van der Waals surface area contributed by atoms with Gasteiger partial charge in [-0.05, 0) is 45.1 Å². The fourth-order valence-electron chi connectivity index (χ4n) is 2.71. The van der Waals surface area contributed by atoms with E-state index in [-0.39, 0.29) is 0 Å². The molecule has 0 spiro atoms. The molecule has 0 aromatic heterocycles. The highest BCUT2D eigenvalue weighted by molar-refractivity contribution is 4.96. The molecule has 3 heteroatoms. The Morgan fingerprint density at radius 2 is 2.19 bits per heavy atom. The van der Waals surface area contributed by atoms with E-state index >= 15 is 0 Å². The number of rotatable bonds is 6. The van der Waals surface area contributed by atoms with E-state index in [1.807, 2.05) is 0 Å². The number of nitrogens with one attached hydrogen (secondary N) is 1. The van der Waals surface area contributed by atoms with E-state index in [9.17, 15) is 0 Å². The van der Waals surface area contributed by atoms with E-state index in [1.54, 1.807) is 7.11 Å². The highest BCUT2D eigenvalue weighted by atomic mass is 16.5. The summed E-state index contributed by atoms with van der Waals surface area (Å²) in [6.45, 7) is 5.64. The average molecular weight is 226 g/mol. The van der Waals surface area contributed by atoms with Gasteiger partial charge < -0.3 is 15.0 Å². The number of hydrogen-bond donors (Lipinski definition) is 1. The molecular formula is C13H26N2O. The van der Waals surface area contributed by atoms with E-state index in [2.05, 4.69) is 24.2 Å². The standard InChI is InChI=1S/C13H26N2O/c1-11-8-12(9-15(11)2)14-10-13(4-5-13)6-7-16-3/h11-12,14H,4-10H2,1-3H3. The number of likely N-dealkylation sites (N-methyl/N-ethyl adjacent to an activating group) is 1. The van der Waals surface area contributed by atoms with Crippen molar-refractivity contribution in [3.63, 3.8) is 0 Å². The Balaban J connectivity index is 1.68. The minimum Gasteiger partial charge on any atom is -0.385 e. The fraction of sp³-hybridized carbons (Fsp3) is 1.00. The Kier molecular flexibility index (Phi) is 3.88. The van der Waals surface area contributed by atoms with Crippen molar-refractivity contribution in [2.75, 3.05) is 33.9 Å². The number of hydrogen-bond acceptors (Lipinski definition) is 3. The molecule has 94 valence electrons. The van der Waals surface area contributed by atoms with Gasteiger partial charge in [-0.2, -0.15) is 0 Å². The van der Waals surface area contributed by atoms with Gasteiger partial charge in [0.1, 0.15) is 0 Å². The monoisotopic (exact) mass is 226 g/mol. The third-order valence-corrected chi connectivity index (χ3v) is 4.45. The predicted molar refractivity (Wildman–Crippen MR) is 66.7 cm³/mol. The van der Waals surface area contributed by atoms with E-state index < -0.39 is 0 Å². The summed E-state index contributed by atoms with van der Waals surface area (Å²) in [4.78, 5) is 2.45. The first kappa shape index (κ1) is 12.3. The second-order valence-corrected chi connectivity index (χ2v) is 5.84. The van der Waals surface area contributed by atoms with Crippen molar-refractivity contribution in [3.05, 3.63) is 0 Å². The van der Waals surface area contributed by atoms with Crippen LogP contribution in [-0.4, -0.2) is 50.8 Å². The Hall–Kier alpha value is -0.120. The molecule has 0 aromatic carbocycles. The summed E-state index contributed by atoms with van der Waals surface area (Å²) >= 11 is 0. The van der Waals surface area contributed by atoms with Crippen LogP contribution in [-0.2, 0) is 4.74 Å². The summed E-state index contributed by atoms with van der Waals surface area (Å²) in [5.74, 6) is 0. The molecular weight excluding hydrogens is 200 g/mol.